The molecule has 0 saturated carbocycles. The topological polar surface area (TPSA) is 51.1 Å². The van der Waals surface area contributed by atoms with Crippen molar-refractivity contribution >= 4 is 23.9 Å². The number of nitrogens with zero attached hydrogens (tertiary/aromatic N) is 3. The lowest BCUT2D eigenvalue weighted by Crippen LogP contribution is -2.51. The minimum Gasteiger partial charge on any atom is -0.393 e. The van der Waals surface area contributed by atoms with Gasteiger partial charge in [-0.3, -0.25) is 10.1 Å². The molecule has 5 nitrogen and oxygen atoms in total. The summed E-state index contributed by atoms with van der Waals surface area (Å²) in [4.78, 5) is 10.8. The number of aromatic nitrogens is 1. The van der Waals surface area contributed by atoms with Gasteiger partial charge in [0, 0.05) is 29.8 Å². The molecule has 0 aliphatic carbocycles. The van der Waals surface area contributed by atoms with Crippen LogP contribution in [0.2, 0.25) is 0 Å². The van der Waals surface area contributed by atoms with Crippen molar-refractivity contribution in [1.29, 1.82) is 0 Å². The number of benzene rings is 1. The highest BCUT2D eigenvalue weighted by molar-refractivity contribution is 6.58. The largest absolute Gasteiger partial charge is 0.737 e. The van der Waals surface area contributed by atoms with E-state index in [-0.39, 0.29) is 5.56 Å². The van der Waals surface area contributed by atoms with Gasteiger partial charge >= 0.3 is 6.97 Å². The molecule has 1 aromatic heterocycles. The van der Waals surface area contributed by atoms with Crippen molar-refractivity contribution in [1.82, 2.24) is 4.48 Å². The predicted molar refractivity (Wildman–Crippen MR) is 120 cm³/mol. The van der Waals surface area contributed by atoms with Crippen molar-refractivity contribution in [3.63, 3.8) is 0 Å². The summed E-state index contributed by atoms with van der Waals surface area (Å²) >= 11 is 0. The van der Waals surface area contributed by atoms with E-state index < -0.39 is 23.4 Å². The molecule has 0 saturated heterocycles. The van der Waals surface area contributed by atoms with E-state index in [1.54, 1.807) is 27.7 Å². The SMILES string of the molecule is CCC1=C(C)C2=C(c3cc(F)cc([N+](=O)[O-])c3)c3c(C)c(CC)c(C)n3[B-](F)(F)[N+]2=C1C. The zero-order chi connectivity index (χ0) is 23.7. The van der Waals surface area contributed by atoms with Gasteiger partial charge in [-0.15, -0.1) is 0 Å². The van der Waals surface area contributed by atoms with Gasteiger partial charge in [0.05, 0.1) is 16.6 Å². The first-order chi connectivity index (χ1) is 15.0. The van der Waals surface area contributed by atoms with Crippen LogP contribution in [0.15, 0.2) is 35.0 Å². The number of halogens is 3. The van der Waals surface area contributed by atoms with Crippen LogP contribution in [0.4, 0.5) is 18.7 Å². The maximum Gasteiger partial charge on any atom is 0.737 e. The van der Waals surface area contributed by atoms with Crippen LogP contribution in [0.1, 0.15) is 62.2 Å². The second kappa shape index (κ2) is 7.22. The molecule has 0 atom stereocenters. The van der Waals surface area contributed by atoms with Gasteiger partial charge in [0.15, 0.2) is 5.70 Å². The Labute approximate surface area is 184 Å². The molecular formula is C23H25BF3N3O2. The van der Waals surface area contributed by atoms with E-state index >= 15 is 8.63 Å². The first kappa shape index (κ1) is 22.1. The summed E-state index contributed by atoms with van der Waals surface area (Å²) in [6, 6.07) is 3.30. The van der Waals surface area contributed by atoms with Crippen LogP contribution in [0.25, 0.3) is 5.57 Å². The number of nitro groups is 1. The van der Waals surface area contributed by atoms with E-state index in [1.807, 2.05) is 13.8 Å². The minimum absolute atomic E-state index is 0.219. The van der Waals surface area contributed by atoms with Crippen molar-refractivity contribution in [2.45, 2.75) is 54.4 Å². The smallest absolute Gasteiger partial charge is 0.393 e. The molecule has 2 aromatic rings. The number of rotatable bonds is 4. The second-order valence-corrected chi connectivity index (χ2v) is 8.44. The Hall–Kier alpha value is -3.10. The molecule has 0 bridgehead atoms. The highest BCUT2D eigenvalue weighted by atomic mass is 19.2. The third-order valence-electron chi connectivity index (χ3n) is 6.88. The number of hydrogen-bond acceptors (Lipinski definition) is 2. The van der Waals surface area contributed by atoms with Crippen LogP contribution in [-0.2, 0) is 6.42 Å². The number of hydrogen-bond donors (Lipinski definition) is 0. The molecule has 0 fully saturated rings. The van der Waals surface area contributed by atoms with E-state index in [0.717, 1.165) is 26.2 Å². The lowest BCUT2D eigenvalue weighted by atomic mass is 9.83. The van der Waals surface area contributed by atoms with Crippen molar-refractivity contribution in [2.24, 2.45) is 0 Å². The molecule has 168 valence electrons. The minimum atomic E-state index is -4.20. The first-order valence-corrected chi connectivity index (χ1v) is 10.7. The molecule has 2 aliphatic heterocycles. The van der Waals surface area contributed by atoms with Crippen LogP contribution in [0.3, 0.4) is 0 Å². The standard InChI is InChI=1S/C23H25BF3N3O2/c1-7-19-12(3)22-21(16-9-17(25)11-18(10-16)30(31)32)23-13(4)20(8-2)15(6)29(23)24(26,27)28(22)14(19)5/h9-11H,7-8H2,1-6H3. The highest BCUT2D eigenvalue weighted by Gasteiger charge is 2.56. The van der Waals surface area contributed by atoms with Crippen molar-refractivity contribution < 1.29 is 22.4 Å². The third kappa shape index (κ3) is 2.76. The third-order valence-corrected chi connectivity index (χ3v) is 6.88. The normalized spacial score (nSPS) is 17.3. The van der Waals surface area contributed by atoms with Crippen molar-refractivity contribution in [3.8, 4) is 0 Å². The summed E-state index contributed by atoms with van der Waals surface area (Å²) in [7, 11) is 0. The van der Waals surface area contributed by atoms with Gasteiger partial charge in [-0.25, -0.2) is 4.39 Å². The van der Waals surface area contributed by atoms with E-state index in [0.29, 0.717) is 52.3 Å². The molecule has 0 unspecified atom stereocenters. The van der Waals surface area contributed by atoms with Gasteiger partial charge in [-0.1, -0.05) is 13.8 Å². The number of fused-ring (bicyclic) bond motifs is 2. The zero-order valence-electron chi connectivity index (χ0n) is 19.0. The lowest BCUT2D eigenvalue weighted by Gasteiger charge is -2.34. The molecule has 0 spiro atoms. The predicted octanol–water partition coefficient (Wildman–Crippen LogP) is 5.92. The summed E-state index contributed by atoms with van der Waals surface area (Å²) in [5.41, 5.74) is 4.74. The Bertz CT molecular complexity index is 1300. The molecular weight excluding hydrogens is 418 g/mol. The maximum absolute atomic E-state index is 16.1. The number of allylic oxidation sites excluding steroid dienone is 2. The van der Waals surface area contributed by atoms with Crippen LogP contribution < -0.4 is 0 Å². The molecule has 9 heteroatoms. The Morgan fingerprint density at radius 3 is 2.31 bits per heavy atom. The number of nitro benzene ring substituents is 1. The summed E-state index contributed by atoms with van der Waals surface area (Å²) < 4.78 is 48.9. The van der Waals surface area contributed by atoms with Gasteiger partial charge in [-0.05, 0) is 62.1 Å². The van der Waals surface area contributed by atoms with E-state index in [4.69, 9.17) is 0 Å². The van der Waals surface area contributed by atoms with E-state index in [9.17, 15) is 14.5 Å². The molecule has 32 heavy (non-hydrogen) atoms. The first-order valence-electron chi connectivity index (χ1n) is 10.7. The van der Waals surface area contributed by atoms with Crippen molar-refractivity contribution in [3.05, 3.63) is 79.1 Å². The quantitative estimate of drug-likeness (QED) is 0.335. The summed E-state index contributed by atoms with van der Waals surface area (Å²) in [5.74, 6) is -0.782. The fourth-order valence-electron chi connectivity index (χ4n) is 5.58. The molecule has 2 aliphatic rings. The van der Waals surface area contributed by atoms with Gasteiger partial charge in [0.2, 0.25) is 0 Å². The Morgan fingerprint density at radius 2 is 1.75 bits per heavy atom. The average Bonchev–Trinajstić information content (AvgIpc) is 3.12. The summed E-state index contributed by atoms with van der Waals surface area (Å²) in [6.07, 6.45) is 1.13. The van der Waals surface area contributed by atoms with E-state index in [2.05, 4.69) is 0 Å². The fraction of sp³-hybridized carbons (Fsp3) is 0.348. The Morgan fingerprint density at radius 1 is 1.09 bits per heavy atom. The maximum atomic E-state index is 16.1. The molecule has 4 rings (SSSR count). The van der Waals surface area contributed by atoms with Crippen LogP contribution >= 0.6 is 0 Å². The molecule has 3 heterocycles. The molecule has 0 amide bonds. The van der Waals surface area contributed by atoms with Gasteiger partial charge in [0.25, 0.3) is 5.69 Å². The Kier molecular flexibility index (Phi) is 4.99. The highest BCUT2D eigenvalue weighted by Crippen LogP contribution is 2.47. The summed E-state index contributed by atoms with van der Waals surface area (Å²) in [5, 5.41) is 11.4. The monoisotopic (exact) mass is 443 g/mol. The molecule has 1 aromatic carbocycles. The Balaban J connectivity index is 2.24. The second-order valence-electron chi connectivity index (χ2n) is 8.44. The fourth-order valence-corrected chi connectivity index (χ4v) is 5.58. The van der Waals surface area contributed by atoms with Crippen LogP contribution in [0.5, 0.6) is 0 Å². The molecule has 0 N–H and O–H groups in total. The molecule has 0 radical (unpaired) electrons. The number of non-ortho nitro benzene ring substituents is 1. The van der Waals surface area contributed by atoms with E-state index in [1.165, 1.54) is 12.1 Å². The zero-order valence-corrected chi connectivity index (χ0v) is 19.0. The van der Waals surface area contributed by atoms with Crippen LogP contribution in [0, 0.1) is 29.8 Å². The lowest BCUT2D eigenvalue weighted by molar-refractivity contribution is -0.385. The summed E-state index contributed by atoms with van der Waals surface area (Å²) in [6.45, 7) is 6.54. The van der Waals surface area contributed by atoms with Gasteiger partial charge in [-0.2, -0.15) is 0 Å². The van der Waals surface area contributed by atoms with Gasteiger partial charge in [0.1, 0.15) is 11.5 Å². The van der Waals surface area contributed by atoms with Crippen molar-refractivity contribution in [2.75, 3.05) is 0 Å². The van der Waals surface area contributed by atoms with Crippen LogP contribution in [-0.4, -0.2) is 26.6 Å². The average molecular weight is 443 g/mol. The van der Waals surface area contributed by atoms with Gasteiger partial charge < -0.3 is 17.6 Å².